The molecule has 0 amide bonds. The Morgan fingerprint density at radius 1 is 1.32 bits per heavy atom. The fourth-order valence-electron chi connectivity index (χ4n) is 2.29. The van der Waals surface area contributed by atoms with Crippen molar-refractivity contribution in [2.45, 2.75) is 18.9 Å². The minimum atomic E-state index is 0.201. The van der Waals surface area contributed by atoms with E-state index in [2.05, 4.69) is 29.6 Å². The topological polar surface area (TPSA) is 41.5 Å². The molecule has 1 aliphatic rings. The van der Waals surface area contributed by atoms with Crippen LogP contribution in [0.15, 0.2) is 24.3 Å². The van der Waals surface area contributed by atoms with Crippen molar-refractivity contribution < 1.29 is 9.84 Å². The summed E-state index contributed by atoms with van der Waals surface area (Å²) in [7, 11) is 0. The molecular formula is C15H23NO2S. The lowest BCUT2D eigenvalue weighted by Crippen LogP contribution is -2.28. The summed E-state index contributed by atoms with van der Waals surface area (Å²) in [6, 6.07) is 8.57. The zero-order valence-corrected chi connectivity index (χ0v) is 12.1. The molecule has 1 atom stereocenters. The van der Waals surface area contributed by atoms with Gasteiger partial charge in [-0.3, -0.25) is 0 Å². The first kappa shape index (κ1) is 14.9. The van der Waals surface area contributed by atoms with Crippen molar-refractivity contribution in [2.24, 2.45) is 0 Å². The first-order chi connectivity index (χ1) is 9.42. The lowest BCUT2D eigenvalue weighted by molar-refractivity contribution is 0.0430. The molecule has 0 saturated carbocycles. The van der Waals surface area contributed by atoms with E-state index < -0.39 is 0 Å². The van der Waals surface area contributed by atoms with Crippen molar-refractivity contribution in [1.29, 1.82) is 0 Å². The Morgan fingerprint density at radius 3 is 3.11 bits per heavy atom. The molecule has 0 radical (unpaired) electrons. The monoisotopic (exact) mass is 281 g/mol. The number of thioether (sulfide) groups is 1. The summed E-state index contributed by atoms with van der Waals surface area (Å²) in [5.74, 6) is 2.13. The third-order valence-electron chi connectivity index (χ3n) is 3.29. The summed E-state index contributed by atoms with van der Waals surface area (Å²) >= 11 is 1.89. The van der Waals surface area contributed by atoms with E-state index >= 15 is 0 Å². The van der Waals surface area contributed by atoms with Gasteiger partial charge in [0.1, 0.15) is 0 Å². The van der Waals surface area contributed by atoms with Gasteiger partial charge in [-0.05, 0) is 29.7 Å². The van der Waals surface area contributed by atoms with Gasteiger partial charge in [-0.2, -0.15) is 11.8 Å². The molecule has 1 aromatic rings. The van der Waals surface area contributed by atoms with Crippen LogP contribution in [0, 0.1) is 0 Å². The molecule has 2 N–H and O–H groups in total. The van der Waals surface area contributed by atoms with E-state index in [0.717, 1.165) is 44.0 Å². The second-order valence-electron chi connectivity index (χ2n) is 4.70. The SMILES string of the molecule is OCCCSCCNCC1OCCc2ccccc21. The number of benzene rings is 1. The standard InChI is InChI=1S/C15H23NO2S/c17-8-3-10-19-11-7-16-12-15-14-5-2-1-4-13(14)6-9-18-15/h1-2,4-5,15-17H,3,6-12H2. The number of fused-ring (bicyclic) bond motifs is 1. The van der Waals surface area contributed by atoms with Gasteiger partial charge in [0.25, 0.3) is 0 Å². The maximum Gasteiger partial charge on any atom is 0.0952 e. The first-order valence-electron chi connectivity index (χ1n) is 7.00. The van der Waals surface area contributed by atoms with E-state index in [0.29, 0.717) is 6.61 Å². The number of hydrogen-bond donors (Lipinski definition) is 2. The Balaban J connectivity index is 1.67. The molecule has 1 aromatic carbocycles. The molecule has 2 rings (SSSR count). The Morgan fingerprint density at radius 2 is 2.21 bits per heavy atom. The molecule has 106 valence electrons. The third kappa shape index (κ3) is 4.80. The predicted molar refractivity (Wildman–Crippen MR) is 80.7 cm³/mol. The van der Waals surface area contributed by atoms with E-state index in [1.54, 1.807) is 0 Å². The molecule has 1 aliphatic heterocycles. The van der Waals surface area contributed by atoms with Crippen LogP contribution in [0.1, 0.15) is 23.7 Å². The molecule has 0 aromatic heterocycles. The van der Waals surface area contributed by atoms with Crippen molar-refractivity contribution in [1.82, 2.24) is 5.32 Å². The van der Waals surface area contributed by atoms with E-state index in [4.69, 9.17) is 9.84 Å². The Hall–Kier alpha value is -0.550. The van der Waals surface area contributed by atoms with Crippen LogP contribution in [-0.2, 0) is 11.2 Å². The van der Waals surface area contributed by atoms with Gasteiger partial charge in [0.05, 0.1) is 12.7 Å². The van der Waals surface area contributed by atoms with Gasteiger partial charge >= 0.3 is 0 Å². The van der Waals surface area contributed by atoms with Gasteiger partial charge < -0.3 is 15.2 Å². The quantitative estimate of drug-likeness (QED) is 0.715. The van der Waals surface area contributed by atoms with Gasteiger partial charge in [-0.25, -0.2) is 0 Å². The van der Waals surface area contributed by atoms with Crippen molar-refractivity contribution >= 4 is 11.8 Å². The number of nitrogens with one attached hydrogen (secondary N) is 1. The second kappa shape index (κ2) is 8.59. The van der Waals surface area contributed by atoms with E-state index in [-0.39, 0.29) is 6.10 Å². The van der Waals surface area contributed by atoms with Gasteiger partial charge in [0, 0.05) is 25.4 Å². The van der Waals surface area contributed by atoms with Gasteiger partial charge in [-0.1, -0.05) is 24.3 Å². The minimum Gasteiger partial charge on any atom is -0.396 e. The lowest BCUT2D eigenvalue weighted by atomic mass is 9.98. The van der Waals surface area contributed by atoms with E-state index in [1.807, 2.05) is 11.8 Å². The molecule has 0 spiro atoms. The molecule has 3 nitrogen and oxygen atoms in total. The van der Waals surface area contributed by atoms with Crippen LogP contribution in [0.5, 0.6) is 0 Å². The molecule has 1 unspecified atom stereocenters. The summed E-state index contributed by atoms with van der Waals surface area (Å²) < 4.78 is 5.85. The average Bonchev–Trinajstić information content (AvgIpc) is 2.46. The fourth-order valence-corrected chi connectivity index (χ4v) is 3.12. The number of ether oxygens (including phenoxy) is 1. The van der Waals surface area contributed by atoms with Crippen molar-refractivity contribution in [2.75, 3.05) is 37.8 Å². The molecule has 19 heavy (non-hydrogen) atoms. The summed E-state index contributed by atoms with van der Waals surface area (Å²) in [6.07, 6.45) is 2.13. The maximum absolute atomic E-state index is 8.69. The molecule has 0 saturated heterocycles. The zero-order chi connectivity index (χ0) is 13.3. The van der Waals surface area contributed by atoms with Crippen LogP contribution in [0.3, 0.4) is 0 Å². The smallest absolute Gasteiger partial charge is 0.0952 e. The lowest BCUT2D eigenvalue weighted by Gasteiger charge is -2.26. The van der Waals surface area contributed by atoms with Gasteiger partial charge in [0.2, 0.25) is 0 Å². The van der Waals surface area contributed by atoms with Crippen LogP contribution in [-0.4, -0.2) is 42.9 Å². The first-order valence-corrected chi connectivity index (χ1v) is 8.16. The summed E-state index contributed by atoms with van der Waals surface area (Å²) in [5.41, 5.74) is 2.77. The molecule has 0 aliphatic carbocycles. The Labute approximate surface area is 119 Å². The van der Waals surface area contributed by atoms with E-state index in [1.165, 1.54) is 11.1 Å². The van der Waals surface area contributed by atoms with Crippen LogP contribution in [0.25, 0.3) is 0 Å². The van der Waals surface area contributed by atoms with Gasteiger partial charge in [-0.15, -0.1) is 0 Å². The highest BCUT2D eigenvalue weighted by molar-refractivity contribution is 7.99. The fraction of sp³-hybridized carbons (Fsp3) is 0.600. The third-order valence-corrected chi connectivity index (χ3v) is 4.36. The number of rotatable bonds is 8. The summed E-state index contributed by atoms with van der Waals surface area (Å²) in [5, 5.41) is 12.2. The van der Waals surface area contributed by atoms with Crippen molar-refractivity contribution in [3.8, 4) is 0 Å². The van der Waals surface area contributed by atoms with Crippen LogP contribution in [0.4, 0.5) is 0 Å². The molecule has 0 fully saturated rings. The van der Waals surface area contributed by atoms with Gasteiger partial charge in [0.15, 0.2) is 0 Å². The van der Waals surface area contributed by atoms with Crippen LogP contribution < -0.4 is 5.32 Å². The summed E-state index contributed by atoms with van der Waals surface area (Å²) in [4.78, 5) is 0. The van der Waals surface area contributed by atoms with Crippen molar-refractivity contribution in [3.63, 3.8) is 0 Å². The number of aliphatic hydroxyl groups excluding tert-OH is 1. The number of hydrogen-bond acceptors (Lipinski definition) is 4. The second-order valence-corrected chi connectivity index (χ2v) is 5.93. The normalized spacial score (nSPS) is 18.3. The summed E-state index contributed by atoms with van der Waals surface area (Å²) in [6.45, 7) is 3.01. The van der Waals surface area contributed by atoms with Crippen LogP contribution >= 0.6 is 11.8 Å². The average molecular weight is 281 g/mol. The highest BCUT2D eigenvalue weighted by atomic mass is 32.2. The predicted octanol–water partition coefficient (Wildman–Crippen LogP) is 2.01. The Bertz CT molecular complexity index is 373. The molecular weight excluding hydrogens is 258 g/mol. The maximum atomic E-state index is 8.69. The largest absolute Gasteiger partial charge is 0.396 e. The molecule has 4 heteroatoms. The van der Waals surface area contributed by atoms with Crippen molar-refractivity contribution in [3.05, 3.63) is 35.4 Å². The highest BCUT2D eigenvalue weighted by Gasteiger charge is 2.19. The zero-order valence-electron chi connectivity index (χ0n) is 11.3. The molecule has 1 heterocycles. The molecule has 0 bridgehead atoms. The Kier molecular flexibility index (Phi) is 6.71. The highest BCUT2D eigenvalue weighted by Crippen LogP contribution is 2.26. The number of aliphatic hydroxyl groups is 1. The minimum absolute atomic E-state index is 0.201. The van der Waals surface area contributed by atoms with E-state index in [9.17, 15) is 0 Å². The van der Waals surface area contributed by atoms with Crippen LogP contribution in [0.2, 0.25) is 0 Å².